The average Bonchev–Trinajstić information content (AvgIpc) is 2.59. The monoisotopic (exact) mass is 217 g/mol. The quantitative estimate of drug-likeness (QED) is 0.841. The molecular formula is C13H15NO2. The summed E-state index contributed by atoms with van der Waals surface area (Å²) >= 11 is 0. The Morgan fingerprint density at radius 3 is 2.62 bits per heavy atom. The van der Waals surface area contributed by atoms with Crippen LogP contribution in [0.1, 0.15) is 22.5 Å². The van der Waals surface area contributed by atoms with Crippen LogP contribution in [-0.4, -0.2) is 10.3 Å². The van der Waals surface area contributed by atoms with Gasteiger partial charge >= 0.3 is 0 Å². The summed E-state index contributed by atoms with van der Waals surface area (Å²) in [5.41, 5.74) is 4.89. The van der Waals surface area contributed by atoms with Crippen LogP contribution in [0.5, 0.6) is 0 Å². The van der Waals surface area contributed by atoms with Crippen LogP contribution < -0.4 is 0 Å². The summed E-state index contributed by atoms with van der Waals surface area (Å²) in [7, 11) is 0. The van der Waals surface area contributed by atoms with E-state index in [1.165, 1.54) is 5.56 Å². The van der Waals surface area contributed by atoms with E-state index in [1.807, 2.05) is 26.0 Å². The van der Waals surface area contributed by atoms with Crippen molar-refractivity contribution in [1.82, 2.24) is 5.16 Å². The molecule has 2 aromatic rings. The Morgan fingerprint density at radius 1 is 1.25 bits per heavy atom. The summed E-state index contributed by atoms with van der Waals surface area (Å²) in [5, 5.41) is 13.3. The molecule has 0 saturated heterocycles. The van der Waals surface area contributed by atoms with Crippen LogP contribution in [0.4, 0.5) is 0 Å². The molecule has 0 saturated carbocycles. The lowest BCUT2D eigenvalue weighted by Crippen LogP contribution is -1.91. The number of nitrogens with zero attached hydrogens (tertiary/aromatic N) is 1. The van der Waals surface area contributed by atoms with Gasteiger partial charge in [-0.1, -0.05) is 28.9 Å². The Hall–Kier alpha value is -1.61. The van der Waals surface area contributed by atoms with Gasteiger partial charge in [-0.15, -0.1) is 0 Å². The van der Waals surface area contributed by atoms with E-state index in [0.717, 1.165) is 22.4 Å². The highest BCUT2D eigenvalue weighted by Gasteiger charge is 2.15. The normalized spacial score (nSPS) is 10.8. The highest BCUT2D eigenvalue weighted by Crippen LogP contribution is 2.28. The minimum Gasteiger partial charge on any atom is -0.391 e. The van der Waals surface area contributed by atoms with Crippen LogP contribution in [0.3, 0.4) is 0 Å². The minimum atomic E-state index is -0.0437. The van der Waals surface area contributed by atoms with Crippen molar-refractivity contribution in [3.8, 4) is 11.3 Å². The Balaban J connectivity index is 2.58. The van der Waals surface area contributed by atoms with Gasteiger partial charge in [0.25, 0.3) is 0 Å². The smallest absolute Gasteiger partial charge is 0.139 e. The van der Waals surface area contributed by atoms with Gasteiger partial charge in [0.2, 0.25) is 0 Å². The Bertz CT molecular complexity index is 515. The van der Waals surface area contributed by atoms with Crippen LogP contribution in [0, 0.1) is 20.8 Å². The van der Waals surface area contributed by atoms with Crippen LogP contribution >= 0.6 is 0 Å². The molecule has 0 radical (unpaired) electrons. The largest absolute Gasteiger partial charge is 0.391 e. The minimum absolute atomic E-state index is 0.0437. The third kappa shape index (κ3) is 1.74. The number of hydrogen-bond donors (Lipinski definition) is 1. The second-order valence-electron chi connectivity index (χ2n) is 4.04. The van der Waals surface area contributed by atoms with Crippen molar-refractivity contribution in [3.63, 3.8) is 0 Å². The van der Waals surface area contributed by atoms with Gasteiger partial charge < -0.3 is 9.63 Å². The lowest BCUT2D eigenvalue weighted by atomic mass is 10.00. The first-order valence-electron chi connectivity index (χ1n) is 5.27. The van der Waals surface area contributed by atoms with E-state index < -0.39 is 0 Å². The van der Waals surface area contributed by atoms with Crippen LogP contribution in [0.2, 0.25) is 0 Å². The molecule has 16 heavy (non-hydrogen) atoms. The number of hydrogen-bond acceptors (Lipinski definition) is 3. The summed E-state index contributed by atoms with van der Waals surface area (Å²) in [6.07, 6.45) is 0. The van der Waals surface area contributed by atoms with Crippen molar-refractivity contribution in [2.75, 3.05) is 0 Å². The van der Waals surface area contributed by atoms with Gasteiger partial charge in [-0.25, -0.2) is 0 Å². The van der Waals surface area contributed by atoms with Crippen molar-refractivity contribution in [2.24, 2.45) is 0 Å². The fourth-order valence-corrected chi connectivity index (χ4v) is 1.87. The maximum Gasteiger partial charge on any atom is 0.139 e. The number of aryl methyl sites for hydroxylation is 3. The van der Waals surface area contributed by atoms with E-state index >= 15 is 0 Å². The summed E-state index contributed by atoms with van der Waals surface area (Å²) in [6.45, 7) is 5.86. The molecule has 0 aliphatic carbocycles. The summed E-state index contributed by atoms with van der Waals surface area (Å²) < 4.78 is 5.12. The summed E-state index contributed by atoms with van der Waals surface area (Å²) in [6, 6.07) is 6.15. The molecule has 0 spiro atoms. The van der Waals surface area contributed by atoms with Crippen molar-refractivity contribution in [2.45, 2.75) is 27.4 Å². The van der Waals surface area contributed by atoms with Crippen molar-refractivity contribution in [3.05, 3.63) is 40.6 Å². The maximum absolute atomic E-state index is 9.29. The van der Waals surface area contributed by atoms with Gasteiger partial charge in [-0.3, -0.25) is 0 Å². The first-order valence-corrected chi connectivity index (χ1v) is 5.27. The third-order valence-corrected chi connectivity index (χ3v) is 2.78. The molecule has 1 aromatic carbocycles. The summed E-state index contributed by atoms with van der Waals surface area (Å²) in [5.74, 6) is 0.678. The highest BCUT2D eigenvalue weighted by atomic mass is 16.5. The Labute approximate surface area is 94.7 Å². The molecule has 0 bridgehead atoms. The fourth-order valence-electron chi connectivity index (χ4n) is 1.87. The van der Waals surface area contributed by atoms with Gasteiger partial charge in [0.1, 0.15) is 11.5 Å². The second kappa shape index (κ2) is 4.10. The fraction of sp³-hybridized carbons (Fsp3) is 0.308. The van der Waals surface area contributed by atoms with Crippen molar-refractivity contribution >= 4 is 0 Å². The number of aliphatic hydroxyl groups excluding tert-OH is 1. The van der Waals surface area contributed by atoms with E-state index in [1.54, 1.807) is 0 Å². The standard InChI is InChI=1S/C13H15NO2/c1-8-4-5-11(9(2)6-8)13-12(7-15)10(3)16-14-13/h4-6,15H,7H2,1-3H3. The van der Waals surface area contributed by atoms with Crippen molar-refractivity contribution < 1.29 is 9.63 Å². The zero-order valence-corrected chi connectivity index (χ0v) is 9.74. The molecule has 1 N–H and O–H groups in total. The molecule has 0 aliphatic heterocycles. The molecule has 1 aromatic heterocycles. The van der Waals surface area contributed by atoms with Crippen LogP contribution in [-0.2, 0) is 6.61 Å². The average molecular weight is 217 g/mol. The SMILES string of the molecule is Cc1ccc(-c2noc(C)c2CO)c(C)c1. The van der Waals surface area contributed by atoms with E-state index in [-0.39, 0.29) is 6.61 Å². The van der Waals surface area contributed by atoms with Gasteiger partial charge in [0.15, 0.2) is 0 Å². The molecule has 3 heteroatoms. The maximum atomic E-state index is 9.29. The molecule has 0 amide bonds. The summed E-state index contributed by atoms with van der Waals surface area (Å²) in [4.78, 5) is 0. The van der Waals surface area contributed by atoms with E-state index in [4.69, 9.17) is 4.52 Å². The molecule has 0 atom stereocenters. The molecular weight excluding hydrogens is 202 g/mol. The van der Waals surface area contributed by atoms with Crippen LogP contribution in [0.15, 0.2) is 22.7 Å². The third-order valence-electron chi connectivity index (χ3n) is 2.78. The molecule has 0 fully saturated rings. The molecule has 1 heterocycles. The van der Waals surface area contributed by atoms with Gasteiger partial charge in [-0.2, -0.15) is 0 Å². The molecule has 2 rings (SSSR count). The highest BCUT2D eigenvalue weighted by molar-refractivity contribution is 5.67. The van der Waals surface area contributed by atoms with Crippen molar-refractivity contribution in [1.29, 1.82) is 0 Å². The number of rotatable bonds is 2. The second-order valence-corrected chi connectivity index (χ2v) is 4.04. The van der Waals surface area contributed by atoms with Gasteiger partial charge in [0, 0.05) is 11.1 Å². The zero-order chi connectivity index (χ0) is 11.7. The molecule has 3 nitrogen and oxygen atoms in total. The number of benzene rings is 1. The van der Waals surface area contributed by atoms with Gasteiger partial charge in [0.05, 0.1) is 6.61 Å². The first kappa shape index (κ1) is 10.9. The lowest BCUT2D eigenvalue weighted by Gasteiger charge is -2.04. The predicted molar refractivity (Wildman–Crippen MR) is 62.1 cm³/mol. The number of aliphatic hydroxyl groups is 1. The first-order chi connectivity index (χ1) is 7.63. The van der Waals surface area contributed by atoms with Gasteiger partial charge in [-0.05, 0) is 26.3 Å². The predicted octanol–water partition coefficient (Wildman–Crippen LogP) is 2.76. The van der Waals surface area contributed by atoms with E-state index in [0.29, 0.717) is 5.76 Å². The molecule has 0 unspecified atom stereocenters. The van der Waals surface area contributed by atoms with E-state index in [2.05, 4.69) is 18.1 Å². The number of aromatic nitrogens is 1. The Kier molecular flexibility index (Phi) is 2.79. The lowest BCUT2D eigenvalue weighted by molar-refractivity contribution is 0.278. The van der Waals surface area contributed by atoms with E-state index in [9.17, 15) is 5.11 Å². The molecule has 0 aliphatic rings. The molecule has 84 valence electrons. The Morgan fingerprint density at radius 2 is 2.00 bits per heavy atom. The zero-order valence-electron chi connectivity index (χ0n) is 9.74. The topological polar surface area (TPSA) is 46.3 Å². The van der Waals surface area contributed by atoms with Crippen LogP contribution in [0.25, 0.3) is 11.3 Å².